The highest BCUT2D eigenvalue weighted by molar-refractivity contribution is 6.35. The molecule has 172 valence electrons. The number of furan rings is 1. The van der Waals surface area contributed by atoms with E-state index in [1.807, 2.05) is 30.3 Å². The molecule has 0 radical (unpaired) electrons. The maximum absolute atomic E-state index is 6.46. The smallest absolute Gasteiger partial charge is 0.163 e. The van der Waals surface area contributed by atoms with Gasteiger partial charge in [0.2, 0.25) is 0 Å². The topological polar surface area (TPSA) is 75.9 Å². The number of piperazine rings is 1. The van der Waals surface area contributed by atoms with E-state index in [9.17, 15) is 0 Å². The standard InChI is InChI=1S/C24H26ClN5O3/c1-29-6-8-30(9-7-29)10-12-32-21-14-19-17(13-20(21)31-2)24(27-15-26-19)28-22-18(25)4-3-16-5-11-33-23(16)22/h3-5,11,13-15H,6-10,12H2,1-2H3,(H,26,27,28). The van der Waals surface area contributed by atoms with Crippen molar-refractivity contribution in [2.24, 2.45) is 0 Å². The van der Waals surface area contributed by atoms with Crippen molar-refractivity contribution in [3.63, 3.8) is 0 Å². The third-order valence-electron chi connectivity index (χ3n) is 6.00. The van der Waals surface area contributed by atoms with Gasteiger partial charge < -0.3 is 24.1 Å². The second-order valence-electron chi connectivity index (χ2n) is 8.12. The number of aromatic nitrogens is 2. The highest BCUT2D eigenvalue weighted by Gasteiger charge is 2.17. The van der Waals surface area contributed by atoms with Crippen LogP contribution in [-0.2, 0) is 0 Å². The lowest BCUT2D eigenvalue weighted by atomic mass is 10.2. The molecule has 1 aliphatic rings. The van der Waals surface area contributed by atoms with Gasteiger partial charge in [0.05, 0.1) is 23.9 Å². The molecule has 1 fully saturated rings. The average molecular weight is 468 g/mol. The van der Waals surface area contributed by atoms with E-state index >= 15 is 0 Å². The fraction of sp³-hybridized carbons (Fsp3) is 0.333. The predicted molar refractivity (Wildman–Crippen MR) is 130 cm³/mol. The van der Waals surface area contributed by atoms with E-state index in [0.29, 0.717) is 40.2 Å². The van der Waals surface area contributed by atoms with Crippen LogP contribution in [0.2, 0.25) is 5.02 Å². The first-order valence-corrected chi connectivity index (χ1v) is 11.3. The zero-order valence-corrected chi connectivity index (χ0v) is 19.4. The van der Waals surface area contributed by atoms with Crippen LogP contribution in [0.1, 0.15) is 0 Å². The van der Waals surface area contributed by atoms with Crippen LogP contribution in [0.5, 0.6) is 11.5 Å². The van der Waals surface area contributed by atoms with Gasteiger partial charge in [0.15, 0.2) is 17.1 Å². The first kappa shape index (κ1) is 21.8. The average Bonchev–Trinajstić information content (AvgIpc) is 3.31. The zero-order chi connectivity index (χ0) is 22.8. The summed E-state index contributed by atoms with van der Waals surface area (Å²) in [5.41, 5.74) is 2.07. The molecule has 3 heterocycles. The summed E-state index contributed by atoms with van der Waals surface area (Å²) in [6.45, 7) is 5.74. The molecule has 5 rings (SSSR count). The molecule has 1 N–H and O–H groups in total. The maximum Gasteiger partial charge on any atom is 0.163 e. The van der Waals surface area contributed by atoms with Gasteiger partial charge in [-0.1, -0.05) is 11.6 Å². The molecular weight excluding hydrogens is 442 g/mol. The van der Waals surface area contributed by atoms with Crippen LogP contribution < -0.4 is 14.8 Å². The first-order chi connectivity index (χ1) is 16.1. The minimum absolute atomic E-state index is 0.542. The second-order valence-corrected chi connectivity index (χ2v) is 8.53. The van der Waals surface area contributed by atoms with Gasteiger partial charge >= 0.3 is 0 Å². The van der Waals surface area contributed by atoms with Crippen LogP contribution in [-0.4, -0.2) is 73.3 Å². The van der Waals surface area contributed by atoms with Gasteiger partial charge in [-0.2, -0.15) is 0 Å². The summed E-state index contributed by atoms with van der Waals surface area (Å²) in [4.78, 5) is 13.6. The van der Waals surface area contributed by atoms with Crippen LogP contribution in [0.3, 0.4) is 0 Å². The molecule has 0 atom stereocenters. The van der Waals surface area contributed by atoms with Crippen molar-refractivity contribution in [2.75, 3.05) is 58.8 Å². The van der Waals surface area contributed by atoms with Gasteiger partial charge in [-0.15, -0.1) is 0 Å². The summed E-state index contributed by atoms with van der Waals surface area (Å²) in [5, 5.41) is 5.61. The van der Waals surface area contributed by atoms with E-state index in [1.54, 1.807) is 13.4 Å². The van der Waals surface area contributed by atoms with Crippen molar-refractivity contribution in [1.82, 2.24) is 19.8 Å². The molecule has 33 heavy (non-hydrogen) atoms. The summed E-state index contributed by atoms with van der Waals surface area (Å²) in [5.74, 6) is 1.89. The summed E-state index contributed by atoms with van der Waals surface area (Å²) in [7, 11) is 3.79. The van der Waals surface area contributed by atoms with Crippen LogP contribution in [0.15, 0.2) is 47.3 Å². The number of methoxy groups -OCH3 is 1. The van der Waals surface area contributed by atoms with E-state index in [1.165, 1.54) is 6.33 Å². The van der Waals surface area contributed by atoms with E-state index in [-0.39, 0.29) is 0 Å². The van der Waals surface area contributed by atoms with Gasteiger partial charge in [0.25, 0.3) is 0 Å². The van der Waals surface area contributed by atoms with Crippen LogP contribution in [0.4, 0.5) is 11.5 Å². The number of hydrogen-bond donors (Lipinski definition) is 1. The van der Waals surface area contributed by atoms with Crippen LogP contribution in [0.25, 0.3) is 21.9 Å². The Kier molecular flexibility index (Phi) is 6.22. The van der Waals surface area contributed by atoms with E-state index in [2.05, 4.69) is 32.1 Å². The van der Waals surface area contributed by atoms with Crippen molar-refractivity contribution in [1.29, 1.82) is 0 Å². The first-order valence-electron chi connectivity index (χ1n) is 10.9. The Hall–Kier alpha value is -3.07. The van der Waals surface area contributed by atoms with E-state index in [0.717, 1.165) is 49.0 Å². The Morgan fingerprint density at radius 3 is 2.76 bits per heavy atom. The highest BCUT2D eigenvalue weighted by atomic mass is 35.5. The fourth-order valence-corrected chi connectivity index (χ4v) is 4.23. The third-order valence-corrected chi connectivity index (χ3v) is 6.31. The normalized spacial score (nSPS) is 15.2. The van der Waals surface area contributed by atoms with Crippen LogP contribution in [0, 0.1) is 0 Å². The number of ether oxygens (including phenoxy) is 2. The van der Waals surface area contributed by atoms with E-state index < -0.39 is 0 Å². The molecule has 1 saturated heterocycles. The van der Waals surface area contributed by atoms with Gasteiger partial charge in [-0.3, -0.25) is 4.90 Å². The molecular formula is C24H26ClN5O3. The molecule has 0 bridgehead atoms. The number of hydrogen-bond acceptors (Lipinski definition) is 8. The number of nitrogens with one attached hydrogen (secondary N) is 1. The highest BCUT2D eigenvalue weighted by Crippen LogP contribution is 2.38. The minimum atomic E-state index is 0.542. The fourth-order valence-electron chi connectivity index (χ4n) is 4.04. The summed E-state index contributed by atoms with van der Waals surface area (Å²) >= 11 is 6.46. The number of anilines is 2. The number of halogens is 1. The molecule has 0 unspecified atom stereocenters. The Labute approximate surface area is 197 Å². The van der Waals surface area contributed by atoms with Gasteiger partial charge in [-0.05, 0) is 31.3 Å². The molecule has 8 nitrogen and oxygen atoms in total. The van der Waals surface area contributed by atoms with Gasteiger partial charge in [0.1, 0.15) is 24.4 Å². The molecule has 4 aromatic rings. The predicted octanol–water partition coefficient (Wildman–Crippen LogP) is 4.41. The van der Waals surface area contributed by atoms with Crippen molar-refractivity contribution < 1.29 is 13.9 Å². The molecule has 9 heteroatoms. The number of likely N-dealkylation sites (N-methyl/N-ethyl adjacent to an activating group) is 1. The maximum atomic E-state index is 6.46. The lowest BCUT2D eigenvalue weighted by molar-refractivity contribution is 0.133. The largest absolute Gasteiger partial charge is 0.493 e. The van der Waals surface area contributed by atoms with Crippen molar-refractivity contribution in [3.8, 4) is 11.5 Å². The van der Waals surface area contributed by atoms with Gasteiger partial charge in [-0.25, -0.2) is 9.97 Å². The Morgan fingerprint density at radius 2 is 1.94 bits per heavy atom. The number of benzene rings is 2. The summed E-state index contributed by atoms with van der Waals surface area (Å²) in [6.07, 6.45) is 3.15. The van der Waals surface area contributed by atoms with Crippen molar-refractivity contribution in [2.45, 2.75) is 0 Å². The third kappa shape index (κ3) is 4.55. The summed E-state index contributed by atoms with van der Waals surface area (Å²) < 4.78 is 17.4. The summed E-state index contributed by atoms with van der Waals surface area (Å²) in [6, 6.07) is 9.42. The monoisotopic (exact) mass is 467 g/mol. The van der Waals surface area contributed by atoms with Crippen molar-refractivity contribution >= 4 is 45.0 Å². The molecule has 2 aromatic heterocycles. The molecule has 1 aliphatic heterocycles. The molecule has 0 saturated carbocycles. The van der Waals surface area contributed by atoms with E-state index in [4.69, 9.17) is 25.5 Å². The SMILES string of the molecule is COc1cc2c(Nc3c(Cl)ccc4ccoc34)ncnc2cc1OCCN1CCN(C)CC1. The minimum Gasteiger partial charge on any atom is -0.493 e. The van der Waals surface area contributed by atoms with Gasteiger partial charge in [0, 0.05) is 49.6 Å². The Bertz CT molecular complexity index is 1270. The molecule has 0 aliphatic carbocycles. The number of fused-ring (bicyclic) bond motifs is 2. The molecule has 0 spiro atoms. The zero-order valence-electron chi connectivity index (χ0n) is 18.7. The quantitative estimate of drug-likeness (QED) is 0.428. The number of rotatable bonds is 7. The van der Waals surface area contributed by atoms with Crippen LogP contribution >= 0.6 is 11.6 Å². The lowest BCUT2D eigenvalue weighted by Crippen LogP contribution is -2.45. The lowest BCUT2D eigenvalue weighted by Gasteiger charge is -2.32. The molecule has 2 aromatic carbocycles. The van der Waals surface area contributed by atoms with Crippen molar-refractivity contribution in [3.05, 3.63) is 47.9 Å². The Morgan fingerprint density at radius 1 is 1.09 bits per heavy atom. The second kappa shape index (κ2) is 9.43. The number of nitrogens with zero attached hydrogens (tertiary/aromatic N) is 4. The Balaban J connectivity index is 1.39. The molecule has 0 amide bonds.